The molecule has 1 aromatic heterocycles. The van der Waals surface area contributed by atoms with Gasteiger partial charge in [0.15, 0.2) is 0 Å². The SMILES string of the molecule is [NH3+]CCc1c[nH]c2ccc(OC(=O)CCC(=O)OCOC(=O)OC(C(=O)OC3CC4CCC(C3)[N+]43CCCC3)(c3ccccc3)c3ccccc3)cc12. The highest BCUT2D eigenvalue weighted by Crippen LogP contribution is 2.47. The van der Waals surface area contributed by atoms with Gasteiger partial charge in [0.1, 0.15) is 11.9 Å². The maximum Gasteiger partial charge on any atom is 0.513 e. The van der Waals surface area contributed by atoms with Gasteiger partial charge in [0, 0.05) is 73.2 Å². The van der Waals surface area contributed by atoms with Gasteiger partial charge >= 0.3 is 24.1 Å². The Hall–Kier alpha value is -5.20. The highest BCUT2D eigenvalue weighted by atomic mass is 16.8. The number of fused-ring (bicyclic) bond motifs is 1. The summed E-state index contributed by atoms with van der Waals surface area (Å²) in [6, 6.07) is 23.6. The summed E-state index contributed by atoms with van der Waals surface area (Å²) in [5, 5.41) is 0.941. The van der Waals surface area contributed by atoms with Crippen LogP contribution in [0.3, 0.4) is 0 Å². The number of carbonyl (C=O) groups is 4. The van der Waals surface area contributed by atoms with E-state index in [-0.39, 0.29) is 18.9 Å². The summed E-state index contributed by atoms with van der Waals surface area (Å²) in [4.78, 5) is 56.0. The van der Waals surface area contributed by atoms with Crippen molar-refractivity contribution in [2.45, 2.75) is 81.6 Å². The minimum atomic E-state index is -1.98. The monoisotopic (exact) mass is 725 g/mol. The van der Waals surface area contributed by atoms with Gasteiger partial charge in [-0.25, -0.2) is 9.59 Å². The van der Waals surface area contributed by atoms with Crippen LogP contribution < -0.4 is 10.5 Å². The Labute approximate surface area is 308 Å². The fourth-order valence-corrected chi connectivity index (χ4v) is 8.82. The lowest BCUT2D eigenvalue weighted by Crippen LogP contribution is -2.60. The molecule has 12 heteroatoms. The van der Waals surface area contributed by atoms with Crippen LogP contribution in [0.1, 0.15) is 68.1 Å². The fraction of sp³-hybridized carbons (Fsp3) is 0.415. The number of hydrogen-bond donors (Lipinski definition) is 2. The van der Waals surface area contributed by atoms with E-state index in [1.165, 1.54) is 25.9 Å². The summed E-state index contributed by atoms with van der Waals surface area (Å²) in [6.07, 6.45) is 6.89. The van der Waals surface area contributed by atoms with Crippen molar-refractivity contribution in [3.63, 3.8) is 0 Å². The highest BCUT2D eigenvalue weighted by Gasteiger charge is 2.57. The maximum absolute atomic E-state index is 14.5. The molecule has 12 nitrogen and oxygen atoms in total. The Morgan fingerprint density at radius 2 is 1.45 bits per heavy atom. The van der Waals surface area contributed by atoms with Crippen LogP contribution >= 0.6 is 0 Å². The van der Waals surface area contributed by atoms with Crippen LogP contribution in [0.15, 0.2) is 85.1 Å². The minimum absolute atomic E-state index is 0.250. The Kier molecular flexibility index (Phi) is 10.8. The molecule has 53 heavy (non-hydrogen) atoms. The normalized spacial score (nSPS) is 20.2. The van der Waals surface area contributed by atoms with E-state index in [0.29, 0.717) is 29.0 Å². The first-order valence-electron chi connectivity index (χ1n) is 18.6. The molecule has 3 aliphatic rings. The number of H-pyrrole nitrogens is 1. The second kappa shape index (κ2) is 15.8. The van der Waals surface area contributed by atoms with Gasteiger partial charge in [-0.2, -0.15) is 0 Å². The second-order valence-corrected chi connectivity index (χ2v) is 14.3. The van der Waals surface area contributed by atoms with Crippen molar-refractivity contribution in [2.75, 3.05) is 26.4 Å². The molecule has 3 aromatic carbocycles. The van der Waals surface area contributed by atoms with Crippen molar-refractivity contribution in [1.82, 2.24) is 4.98 Å². The quantitative estimate of drug-likeness (QED) is 0.0631. The summed E-state index contributed by atoms with van der Waals surface area (Å²) < 4.78 is 29.1. The fourth-order valence-electron chi connectivity index (χ4n) is 8.82. The van der Waals surface area contributed by atoms with Gasteiger partial charge in [-0.05, 0) is 23.8 Å². The number of rotatable bonds is 13. The summed E-state index contributed by atoms with van der Waals surface area (Å²) in [7, 11) is 0. The number of aromatic nitrogens is 1. The van der Waals surface area contributed by atoms with Crippen molar-refractivity contribution in [1.29, 1.82) is 0 Å². The van der Waals surface area contributed by atoms with Crippen LogP contribution in [0.5, 0.6) is 5.75 Å². The van der Waals surface area contributed by atoms with Crippen LogP contribution in [-0.4, -0.2) is 78.1 Å². The van der Waals surface area contributed by atoms with E-state index < -0.39 is 36.5 Å². The molecule has 3 saturated heterocycles. The average Bonchev–Trinajstić information content (AvgIpc) is 3.86. The molecule has 2 bridgehead atoms. The first-order chi connectivity index (χ1) is 25.8. The van der Waals surface area contributed by atoms with E-state index in [2.05, 4.69) is 10.7 Å². The average molecular weight is 726 g/mol. The van der Waals surface area contributed by atoms with Gasteiger partial charge in [-0.1, -0.05) is 60.7 Å². The molecule has 3 aliphatic heterocycles. The zero-order valence-electron chi connectivity index (χ0n) is 29.8. The van der Waals surface area contributed by atoms with Crippen LogP contribution in [0, 0.1) is 0 Å². The zero-order chi connectivity index (χ0) is 36.8. The van der Waals surface area contributed by atoms with Crippen LogP contribution in [0.4, 0.5) is 4.79 Å². The number of esters is 3. The Morgan fingerprint density at radius 1 is 0.811 bits per heavy atom. The third kappa shape index (κ3) is 7.51. The lowest BCUT2D eigenvalue weighted by atomic mass is 9.85. The maximum atomic E-state index is 14.5. The van der Waals surface area contributed by atoms with Crippen molar-refractivity contribution in [2.24, 2.45) is 0 Å². The van der Waals surface area contributed by atoms with Crippen molar-refractivity contribution >= 4 is 35.0 Å². The van der Waals surface area contributed by atoms with Gasteiger partial charge in [-0.3, -0.25) is 9.59 Å². The molecule has 4 heterocycles. The van der Waals surface area contributed by atoms with E-state index in [1.807, 2.05) is 12.3 Å². The Balaban J connectivity index is 0.975. The predicted octanol–water partition coefficient (Wildman–Crippen LogP) is 5.08. The molecule has 1 spiro atoms. The third-order valence-corrected chi connectivity index (χ3v) is 11.3. The summed E-state index contributed by atoms with van der Waals surface area (Å²) >= 11 is 0. The van der Waals surface area contributed by atoms with E-state index in [9.17, 15) is 19.2 Å². The molecule has 0 radical (unpaired) electrons. The first-order valence-corrected chi connectivity index (χ1v) is 18.6. The van der Waals surface area contributed by atoms with Gasteiger partial charge in [-0.15, -0.1) is 0 Å². The van der Waals surface area contributed by atoms with Gasteiger partial charge in [0.2, 0.25) is 6.79 Å². The lowest BCUT2D eigenvalue weighted by molar-refractivity contribution is -0.956. The minimum Gasteiger partial charge on any atom is -0.458 e. The molecule has 2 atom stereocenters. The van der Waals surface area contributed by atoms with Crippen LogP contribution in [0.25, 0.3) is 10.9 Å². The standard InChI is InChI=1S/C41H46N3O9/c42-20-19-28-26-43-36-16-15-33(25-35(28)36)51-38(46)18-17-37(45)49-27-50-40(48)53-41(29-9-3-1-4-10-29,30-11-5-2-6-12-30)39(47)52-34-23-31-13-14-32(24-34)44(31)21-7-8-22-44/h1-6,9-12,15-16,25-26,31-32,34,43H,7-8,13-14,17-24,27,42H2/q+1/p+1. The molecule has 0 aliphatic carbocycles. The third-order valence-electron chi connectivity index (χ3n) is 11.3. The first kappa shape index (κ1) is 36.2. The molecule has 0 amide bonds. The van der Waals surface area contributed by atoms with Gasteiger partial charge in [0.25, 0.3) is 5.60 Å². The van der Waals surface area contributed by atoms with Gasteiger partial charge < -0.3 is 38.9 Å². The molecule has 4 aromatic rings. The number of hydrogen-bond acceptors (Lipinski definition) is 9. The number of quaternary nitrogens is 2. The number of aromatic amines is 1. The Morgan fingerprint density at radius 3 is 2.09 bits per heavy atom. The molecule has 7 rings (SSSR count). The van der Waals surface area contributed by atoms with Crippen LogP contribution in [0.2, 0.25) is 0 Å². The molecular formula is C41H47N3O9+2. The summed E-state index contributed by atoms with van der Waals surface area (Å²) in [5.74, 6) is -1.75. The molecule has 0 saturated carbocycles. The van der Waals surface area contributed by atoms with Crippen LogP contribution in [-0.2, 0) is 45.4 Å². The van der Waals surface area contributed by atoms with E-state index in [0.717, 1.165) is 59.6 Å². The number of piperidine rings is 1. The smallest absolute Gasteiger partial charge is 0.458 e. The summed E-state index contributed by atoms with van der Waals surface area (Å²) in [5.41, 5.74) is 4.68. The lowest BCUT2D eigenvalue weighted by Gasteiger charge is -2.47. The number of carbonyl (C=O) groups excluding carboxylic acids is 4. The van der Waals surface area contributed by atoms with E-state index in [4.69, 9.17) is 23.7 Å². The molecule has 4 N–H and O–H groups in total. The number of nitrogens with zero attached hydrogens (tertiary/aromatic N) is 1. The largest absolute Gasteiger partial charge is 0.513 e. The Bertz CT molecular complexity index is 1870. The van der Waals surface area contributed by atoms with Crippen molar-refractivity contribution in [3.8, 4) is 5.75 Å². The summed E-state index contributed by atoms with van der Waals surface area (Å²) in [6.45, 7) is 2.34. The van der Waals surface area contributed by atoms with E-state index in [1.54, 1.807) is 72.8 Å². The van der Waals surface area contributed by atoms with Crippen molar-refractivity contribution in [3.05, 3.63) is 102 Å². The predicted molar refractivity (Wildman–Crippen MR) is 192 cm³/mol. The molecule has 278 valence electrons. The zero-order valence-corrected chi connectivity index (χ0v) is 29.8. The second-order valence-electron chi connectivity index (χ2n) is 14.3. The topological polar surface area (TPSA) is 158 Å². The molecular weight excluding hydrogens is 678 g/mol. The van der Waals surface area contributed by atoms with Crippen molar-refractivity contribution < 1.29 is 53.1 Å². The number of ether oxygens (including phenoxy) is 5. The molecule has 3 fully saturated rings. The number of benzene rings is 3. The van der Waals surface area contributed by atoms with Gasteiger partial charge in [0.05, 0.1) is 44.6 Å². The molecule has 2 unspecified atom stereocenters. The highest BCUT2D eigenvalue weighted by molar-refractivity contribution is 5.88. The van der Waals surface area contributed by atoms with E-state index >= 15 is 0 Å². The number of nitrogens with one attached hydrogen (secondary N) is 1.